The minimum Gasteiger partial charge on any atom is -0.486 e. The maximum Gasteiger partial charge on any atom is 0.252 e. The number of sulfonamides is 1. The van der Waals surface area contributed by atoms with E-state index in [9.17, 15) is 8.42 Å². The summed E-state index contributed by atoms with van der Waals surface area (Å²) in [6, 6.07) is 4.69. The molecule has 0 amide bonds. The zero-order chi connectivity index (χ0) is 20.3. The van der Waals surface area contributed by atoms with E-state index in [1.54, 1.807) is 19.2 Å². The van der Waals surface area contributed by atoms with Gasteiger partial charge in [-0.15, -0.1) is 0 Å². The van der Waals surface area contributed by atoms with Crippen molar-refractivity contribution in [3.8, 4) is 11.5 Å². The molecule has 0 aliphatic carbocycles. The molecule has 10 nitrogen and oxygen atoms in total. The monoisotopic (exact) mass is 425 g/mol. The van der Waals surface area contributed by atoms with Gasteiger partial charge in [-0.3, -0.25) is 0 Å². The predicted octanol–water partition coefficient (Wildman–Crippen LogP) is 1.18. The van der Waals surface area contributed by atoms with Crippen LogP contribution in [0, 0.1) is 0 Å². The Balaban J connectivity index is 1.41. The number of rotatable bonds is 8. The fraction of sp³-hybridized carbons (Fsp3) is 0.556. The molecule has 2 aliphatic heterocycles. The Bertz CT molecular complexity index is 947. The highest BCUT2D eigenvalue weighted by Crippen LogP contribution is 2.35. The molecular formula is C18H23N3O7S. The van der Waals surface area contributed by atoms with Gasteiger partial charge < -0.3 is 23.5 Å². The quantitative estimate of drug-likeness (QED) is 0.575. The van der Waals surface area contributed by atoms with Gasteiger partial charge in [-0.05, 0) is 18.6 Å². The second-order valence-electron chi connectivity index (χ2n) is 6.75. The number of hydrogen-bond donors (Lipinski definition) is 0. The highest BCUT2D eigenvalue weighted by atomic mass is 32.2. The van der Waals surface area contributed by atoms with Crippen LogP contribution in [0.15, 0.2) is 27.6 Å². The van der Waals surface area contributed by atoms with Gasteiger partial charge >= 0.3 is 0 Å². The second-order valence-corrected chi connectivity index (χ2v) is 8.68. The molecule has 0 spiro atoms. The largest absolute Gasteiger partial charge is 0.486 e. The molecule has 2 aliphatic rings. The average molecular weight is 425 g/mol. The predicted molar refractivity (Wildman–Crippen MR) is 99.4 cm³/mol. The zero-order valence-electron chi connectivity index (χ0n) is 16.1. The molecule has 158 valence electrons. The summed E-state index contributed by atoms with van der Waals surface area (Å²) in [6.07, 6.45) is 0.618. The molecule has 2 aromatic rings. The number of aromatic nitrogens is 2. The number of nitrogens with zero attached hydrogens (tertiary/aromatic N) is 3. The van der Waals surface area contributed by atoms with Crippen LogP contribution in [0.3, 0.4) is 0 Å². The molecule has 4 rings (SSSR count). The summed E-state index contributed by atoms with van der Waals surface area (Å²) in [6.45, 7) is 2.64. The molecule has 0 N–H and O–H groups in total. The van der Waals surface area contributed by atoms with Crippen molar-refractivity contribution >= 4 is 10.0 Å². The summed E-state index contributed by atoms with van der Waals surface area (Å²) in [7, 11) is -2.06. The average Bonchev–Trinajstić information content (AvgIpc) is 3.41. The van der Waals surface area contributed by atoms with Gasteiger partial charge in [-0.2, -0.15) is 9.29 Å². The summed E-state index contributed by atoms with van der Waals surface area (Å²) in [4.78, 5) is 4.52. The Kier molecular flexibility index (Phi) is 5.99. The van der Waals surface area contributed by atoms with E-state index in [4.69, 9.17) is 23.5 Å². The Morgan fingerprint density at radius 1 is 1.21 bits per heavy atom. The fourth-order valence-electron chi connectivity index (χ4n) is 3.28. The van der Waals surface area contributed by atoms with E-state index in [1.165, 1.54) is 10.4 Å². The normalized spacial score (nSPS) is 19.6. The van der Waals surface area contributed by atoms with Crippen LogP contribution >= 0.6 is 0 Å². The lowest BCUT2D eigenvalue weighted by molar-refractivity contribution is 0.0494. The Morgan fingerprint density at radius 2 is 2.03 bits per heavy atom. The first-order valence-corrected chi connectivity index (χ1v) is 10.8. The Hall–Kier alpha value is -2.21. The lowest BCUT2D eigenvalue weighted by Gasteiger charge is -2.21. The molecule has 1 saturated heterocycles. The van der Waals surface area contributed by atoms with Crippen molar-refractivity contribution in [3.05, 3.63) is 29.9 Å². The number of benzene rings is 1. The highest BCUT2D eigenvalue weighted by Gasteiger charge is 2.36. The van der Waals surface area contributed by atoms with Crippen LogP contribution in [0.4, 0.5) is 0 Å². The van der Waals surface area contributed by atoms with Crippen LogP contribution in [-0.4, -0.2) is 69.5 Å². The number of hydrogen-bond acceptors (Lipinski definition) is 9. The molecule has 1 aromatic carbocycles. The van der Waals surface area contributed by atoms with Crippen LogP contribution in [0.1, 0.15) is 24.1 Å². The molecule has 3 heterocycles. The van der Waals surface area contributed by atoms with E-state index in [0.717, 1.165) is 0 Å². The van der Waals surface area contributed by atoms with Crippen LogP contribution < -0.4 is 9.47 Å². The van der Waals surface area contributed by atoms with Gasteiger partial charge in [0, 0.05) is 32.2 Å². The lowest BCUT2D eigenvalue weighted by atomic mass is 10.1. The van der Waals surface area contributed by atoms with E-state index in [2.05, 4.69) is 10.1 Å². The van der Waals surface area contributed by atoms with Crippen LogP contribution in [0.25, 0.3) is 0 Å². The standard InChI is InChI=1S/C18H23N3O7S/c1-24-6-7-25-12-17-19-18(20-28-17)13-4-5-21(11-13)29(22,23)14-2-3-15-16(10-14)27-9-8-26-15/h2-3,10,13H,4-9,11-12H2,1H3. The molecule has 0 bridgehead atoms. The topological polar surface area (TPSA) is 113 Å². The molecule has 1 atom stereocenters. The van der Waals surface area contributed by atoms with E-state index in [1.807, 2.05) is 0 Å². The van der Waals surface area contributed by atoms with Gasteiger partial charge in [0.1, 0.15) is 19.8 Å². The first-order chi connectivity index (χ1) is 14.1. The van der Waals surface area contributed by atoms with Gasteiger partial charge in [0.25, 0.3) is 5.89 Å². The van der Waals surface area contributed by atoms with Gasteiger partial charge in [-0.25, -0.2) is 8.42 Å². The van der Waals surface area contributed by atoms with E-state index >= 15 is 0 Å². The molecule has 29 heavy (non-hydrogen) atoms. The number of fused-ring (bicyclic) bond motifs is 1. The van der Waals surface area contributed by atoms with Crippen molar-refractivity contribution in [3.63, 3.8) is 0 Å². The maximum atomic E-state index is 13.0. The third kappa shape index (κ3) is 4.37. The highest BCUT2D eigenvalue weighted by molar-refractivity contribution is 7.89. The summed E-state index contributed by atoms with van der Waals surface area (Å²) in [5.41, 5.74) is 0. The third-order valence-corrected chi connectivity index (χ3v) is 6.67. The van der Waals surface area contributed by atoms with Gasteiger partial charge in [0.15, 0.2) is 17.3 Å². The summed E-state index contributed by atoms with van der Waals surface area (Å²) < 4.78 is 53.9. The maximum absolute atomic E-state index is 13.0. The van der Waals surface area contributed by atoms with Crippen LogP contribution in [0.2, 0.25) is 0 Å². The van der Waals surface area contributed by atoms with Gasteiger partial charge in [-0.1, -0.05) is 5.16 Å². The van der Waals surface area contributed by atoms with Gasteiger partial charge in [0.2, 0.25) is 10.0 Å². The number of ether oxygens (including phenoxy) is 4. The van der Waals surface area contributed by atoms with Crippen LogP contribution in [-0.2, 0) is 26.1 Å². The van der Waals surface area contributed by atoms with E-state index in [0.29, 0.717) is 69.2 Å². The third-order valence-electron chi connectivity index (χ3n) is 4.81. The molecule has 11 heteroatoms. The second kappa shape index (κ2) is 8.66. The fourth-order valence-corrected chi connectivity index (χ4v) is 4.80. The number of methoxy groups -OCH3 is 1. The van der Waals surface area contributed by atoms with Crippen molar-refractivity contribution in [1.29, 1.82) is 0 Å². The Labute approximate surface area is 168 Å². The summed E-state index contributed by atoms with van der Waals surface area (Å²) in [5.74, 6) is 1.74. The van der Waals surface area contributed by atoms with E-state index in [-0.39, 0.29) is 17.4 Å². The van der Waals surface area contributed by atoms with Crippen molar-refractivity contribution in [2.24, 2.45) is 0 Å². The molecule has 1 unspecified atom stereocenters. The van der Waals surface area contributed by atoms with Crippen molar-refractivity contribution in [1.82, 2.24) is 14.4 Å². The first kappa shape index (κ1) is 20.1. The summed E-state index contributed by atoms with van der Waals surface area (Å²) in [5, 5.41) is 3.99. The smallest absolute Gasteiger partial charge is 0.252 e. The summed E-state index contributed by atoms with van der Waals surface area (Å²) >= 11 is 0. The SMILES string of the molecule is COCCOCc1nc(C2CCN(S(=O)(=O)c3ccc4c(c3)OCCO4)C2)no1. The zero-order valence-corrected chi connectivity index (χ0v) is 16.9. The minimum absolute atomic E-state index is 0.126. The lowest BCUT2D eigenvalue weighted by Crippen LogP contribution is -2.29. The molecule has 1 aromatic heterocycles. The molecule has 0 radical (unpaired) electrons. The first-order valence-electron chi connectivity index (χ1n) is 9.37. The molecule has 1 fully saturated rings. The molecular weight excluding hydrogens is 402 g/mol. The van der Waals surface area contributed by atoms with Gasteiger partial charge in [0.05, 0.1) is 18.1 Å². The Morgan fingerprint density at radius 3 is 2.86 bits per heavy atom. The molecule has 0 saturated carbocycles. The van der Waals surface area contributed by atoms with Crippen molar-refractivity contribution < 1.29 is 31.9 Å². The minimum atomic E-state index is -3.65. The van der Waals surface area contributed by atoms with Crippen molar-refractivity contribution in [2.45, 2.75) is 23.8 Å². The van der Waals surface area contributed by atoms with E-state index < -0.39 is 10.0 Å². The van der Waals surface area contributed by atoms with Crippen LogP contribution in [0.5, 0.6) is 11.5 Å². The van der Waals surface area contributed by atoms with Crippen molar-refractivity contribution in [2.75, 3.05) is 46.6 Å².